The molecule has 0 heterocycles. The Balaban J connectivity index is 5.74. The maximum atomic E-state index is 4.49. The van der Waals surface area contributed by atoms with Gasteiger partial charge in [-0.2, -0.15) is 0 Å². The Bertz CT molecular complexity index is 524. The van der Waals surface area contributed by atoms with Crippen LogP contribution in [0, 0.1) is 0 Å². The van der Waals surface area contributed by atoms with Gasteiger partial charge in [0.1, 0.15) is 0 Å². The van der Waals surface area contributed by atoms with E-state index in [9.17, 15) is 0 Å². The molecule has 0 saturated carbocycles. The first kappa shape index (κ1) is 25.8. The summed E-state index contributed by atoms with van der Waals surface area (Å²) < 4.78 is 1.69. The summed E-state index contributed by atoms with van der Waals surface area (Å²) in [6, 6.07) is 0. The van der Waals surface area contributed by atoms with E-state index in [4.69, 9.17) is 0 Å². The maximum absolute atomic E-state index is 4.49. The van der Waals surface area contributed by atoms with Crippen LogP contribution in [0.15, 0.2) is 42.0 Å². The first-order valence-corrected chi connectivity index (χ1v) is 10.5. The molecule has 0 aliphatic carbocycles. The molecule has 0 saturated heterocycles. The minimum atomic E-state index is -0.230. The van der Waals surface area contributed by atoms with Gasteiger partial charge in [-0.15, -0.1) is 0 Å². The van der Waals surface area contributed by atoms with Crippen molar-refractivity contribution in [3.05, 3.63) is 21.6 Å². The topological polar surface area (TPSA) is 73.5 Å². The summed E-state index contributed by atoms with van der Waals surface area (Å²) in [4.78, 5) is 0. The van der Waals surface area contributed by atoms with Gasteiger partial charge in [-0.1, -0.05) is 0 Å². The Morgan fingerprint density at radius 3 is 1.11 bits per heavy atom. The molecule has 157 valence electrons. The molecule has 0 rings (SSSR count). The van der Waals surface area contributed by atoms with Crippen LogP contribution in [-0.2, 0) is 15.0 Å². The SMILES string of the molecule is CC(C)(C)N=N[C](=CNC(C)(C)C)[Mn][C](=CNC(C)(C)C)N=NC(C)(C)C. The van der Waals surface area contributed by atoms with Gasteiger partial charge < -0.3 is 0 Å². The summed E-state index contributed by atoms with van der Waals surface area (Å²) in [5.74, 6) is 0. The van der Waals surface area contributed by atoms with Crippen molar-refractivity contribution in [2.45, 2.75) is 105 Å². The standard InChI is InChI=1S/2C10H20N3.Mn/c2*1-9(2,3)11-7-8-12-13-10(4,5)6;/h2*7,11H,1-6H3;. The van der Waals surface area contributed by atoms with Gasteiger partial charge in [-0.25, -0.2) is 0 Å². The van der Waals surface area contributed by atoms with E-state index in [1.807, 2.05) is 53.9 Å². The quantitative estimate of drug-likeness (QED) is 0.413. The average molecular weight is 420 g/mol. The molecule has 0 bridgehead atoms. The molecule has 0 aliphatic rings. The molecule has 0 aromatic heterocycles. The van der Waals surface area contributed by atoms with E-state index in [1.54, 1.807) is 0 Å². The number of nitrogens with one attached hydrogen (secondary N) is 2. The summed E-state index contributed by atoms with van der Waals surface area (Å²) in [6.45, 7) is 24.9. The Kier molecular flexibility index (Phi) is 9.39. The molecule has 0 radical (unpaired) electrons. The van der Waals surface area contributed by atoms with Crippen LogP contribution in [-0.4, -0.2) is 22.2 Å². The first-order valence-electron chi connectivity index (χ1n) is 9.33. The predicted octanol–water partition coefficient (Wildman–Crippen LogP) is 5.94. The van der Waals surface area contributed by atoms with Crippen LogP contribution in [0.2, 0.25) is 0 Å². The zero-order chi connectivity index (χ0) is 21.5. The van der Waals surface area contributed by atoms with Crippen LogP contribution >= 0.6 is 0 Å². The summed E-state index contributed by atoms with van der Waals surface area (Å²) in [5.41, 5.74) is -0.555. The normalized spacial score (nSPS) is 15.7. The van der Waals surface area contributed by atoms with Crippen molar-refractivity contribution in [2.24, 2.45) is 20.5 Å². The van der Waals surface area contributed by atoms with Gasteiger partial charge >= 0.3 is 173 Å². The third-order valence-electron chi connectivity index (χ3n) is 2.33. The second-order valence-electron chi connectivity index (χ2n) is 10.6. The molecular weight excluding hydrogens is 379 g/mol. The number of rotatable bonds is 6. The fourth-order valence-electron chi connectivity index (χ4n) is 1.20. The van der Waals surface area contributed by atoms with Crippen LogP contribution in [0.4, 0.5) is 0 Å². The van der Waals surface area contributed by atoms with Crippen LogP contribution < -0.4 is 10.6 Å². The van der Waals surface area contributed by atoms with Crippen LogP contribution in [0.25, 0.3) is 0 Å². The molecule has 0 fully saturated rings. The molecule has 0 aliphatic heterocycles. The molecule has 6 nitrogen and oxygen atoms in total. The Morgan fingerprint density at radius 2 is 0.889 bits per heavy atom. The summed E-state index contributed by atoms with van der Waals surface area (Å²) in [6.07, 6.45) is 3.87. The third kappa shape index (κ3) is 17.9. The van der Waals surface area contributed by atoms with E-state index in [-0.39, 0.29) is 37.1 Å². The van der Waals surface area contributed by atoms with Gasteiger partial charge in [-0.05, 0) is 0 Å². The number of azo groups is 2. The van der Waals surface area contributed by atoms with E-state index in [2.05, 4.69) is 72.6 Å². The van der Waals surface area contributed by atoms with E-state index < -0.39 is 0 Å². The Hall–Kier alpha value is -1.20. The molecule has 2 N–H and O–H groups in total. The van der Waals surface area contributed by atoms with Gasteiger partial charge in [-0.3, -0.25) is 0 Å². The molecule has 0 spiro atoms. The van der Waals surface area contributed by atoms with Gasteiger partial charge in [0.25, 0.3) is 0 Å². The van der Waals surface area contributed by atoms with Gasteiger partial charge in [0.05, 0.1) is 0 Å². The third-order valence-corrected chi connectivity index (χ3v) is 3.51. The van der Waals surface area contributed by atoms with Gasteiger partial charge in [0.2, 0.25) is 0 Å². The Morgan fingerprint density at radius 1 is 0.593 bits per heavy atom. The van der Waals surface area contributed by atoms with E-state index >= 15 is 0 Å². The number of hydrogen-bond donors (Lipinski definition) is 2. The van der Waals surface area contributed by atoms with Crippen LogP contribution in [0.1, 0.15) is 83.1 Å². The molecule has 0 aromatic rings. The zero-order valence-electron chi connectivity index (χ0n) is 19.3. The fourth-order valence-corrected chi connectivity index (χ4v) is 2.08. The minimum absolute atomic E-state index is 0.0476. The van der Waals surface area contributed by atoms with Crippen molar-refractivity contribution in [3.63, 3.8) is 0 Å². The predicted molar refractivity (Wildman–Crippen MR) is 111 cm³/mol. The second kappa shape index (κ2) is 9.83. The molecule has 0 aromatic carbocycles. The summed E-state index contributed by atoms with van der Waals surface area (Å²) >= 11 is 0.197. The van der Waals surface area contributed by atoms with Gasteiger partial charge in [0.15, 0.2) is 0 Å². The molecule has 27 heavy (non-hydrogen) atoms. The van der Waals surface area contributed by atoms with Gasteiger partial charge in [0, 0.05) is 0 Å². The summed E-state index contributed by atoms with van der Waals surface area (Å²) in [7, 11) is 0. The van der Waals surface area contributed by atoms with Crippen molar-refractivity contribution in [2.75, 3.05) is 0 Å². The first-order chi connectivity index (χ1) is 11.9. The van der Waals surface area contributed by atoms with Crippen molar-refractivity contribution >= 4 is 0 Å². The molecular formula is C20H40MnN6. The molecule has 0 atom stereocenters. The summed E-state index contributed by atoms with van der Waals surface area (Å²) in [5, 5.41) is 24.6. The van der Waals surface area contributed by atoms with E-state index in [0.29, 0.717) is 0 Å². The second-order valence-corrected chi connectivity index (χ2v) is 12.1. The fraction of sp³-hybridized carbons (Fsp3) is 0.800. The molecule has 0 amide bonds. The van der Waals surface area contributed by atoms with E-state index in [1.165, 1.54) is 0 Å². The number of hydrogen-bond acceptors (Lipinski definition) is 6. The molecule has 0 unspecified atom stereocenters. The Labute approximate surface area is 173 Å². The monoisotopic (exact) mass is 419 g/mol. The van der Waals surface area contributed by atoms with Crippen molar-refractivity contribution in [3.8, 4) is 0 Å². The van der Waals surface area contributed by atoms with Crippen LogP contribution in [0.5, 0.6) is 0 Å². The van der Waals surface area contributed by atoms with Crippen molar-refractivity contribution < 1.29 is 15.0 Å². The van der Waals surface area contributed by atoms with Crippen LogP contribution in [0.3, 0.4) is 0 Å². The molecule has 7 heteroatoms. The zero-order valence-corrected chi connectivity index (χ0v) is 20.5. The van der Waals surface area contributed by atoms with Crippen molar-refractivity contribution in [1.82, 2.24) is 10.6 Å². The average Bonchev–Trinajstić information content (AvgIpc) is 2.40. The van der Waals surface area contributed by atoms with E-state index in [0.717, 1.165) is 9.19 Å². The van der Waals surface area contributed by atoms with Crippen molar-refractivity contribution in [1.29, 1.82) is 0 Å². The number of nitrogens with zero attached hydrogens (tertiary/aromatic N) is 4.